The maximum Gasteiger partial charge on any atom is 0.187 e. The first-order chi connectivity index (χ1) is 8.25. The van der Waals surface area contributed by atoms with Crippen LogP contribution in [-0.2, 0) is 0 Å². The Morgan fingerprint density at radius 2 is 1.94 bits per heavy atom. The number of benzene rings is 1. The molecule has 0 saturated heterocycles. The maximum absolute atomic E-state index is 11.7. The van der Waals surface area contributed by atoms with E-state index in [9.17, 15) is 4.79 Å². The number of hydrogen-bond donors (Lipinski definition) is 0. The average molecular weight is 288 g/mol. The molecule has 0 unspecified atom stereocenters. The zero-order valence-corrected chi connectivity index (χ0v) is 10.6. The molecule has 1 aromatic heterocycles. The highest BCUT2D eigenvalue weighted by Gasteiger charge is 1.99. The van der Waals surface area contributed by atoms with Crippen LogP contribution in [0.3, 0.4) is 0 Å². The van der Waals surface area contributed by atoms with Crippen LogP contribution in [-0.4, -0.2) is 10.8 Å². The van der Waals surface area contributed by atoms with Gasteiger partial charge in [-0.05, 0) is 35.9 Å². The number of carbonyl (C=O) groups excluding carboxylic acids is 1. The third kappa shape index (κ3) is 3.36. The van der Waals surface area contributed by atoms with E-state index in [-0.39, 0.29) is 5.78 Å². The molecular weight excluding hydrogens is 278 g/mol. The molecule has 0 fully saturated rings. The van der Waals surface area contributed by atoms with Gasteiger partial charge in [-0.3, -0.25) is 9.78 Å². The molecule has 0 N–H and O–H groups in total. The van der Waals surface area contributed by atoms with Crippen molar-refractivity contribution >= 4 is 27.8 Å². The molecule has 2 nitrogen and oxygen atoms in total. The number of aromatic nitrogens is 1. The number of allylic oxidation sites excluding steroid dienone is 1. The summed E-state index contributed by atoms with van der Waals surface area (Å²) < 4.78 is 1.02. The van der Waals surface area contributed by atoms with E-state index in [1.54, 1.807) is 36.7 Å². The van der Waals surface area contributed by atoms with Crippen LogP contribution < -0.4 is 0 Å². The third-order valence-corrected chi connectivity index (χ3v) is 2.77. The van der Waals surface area contributed by atoms with Gasteiger partial charge >= 0.3 is 0 Å². The standard InChI is InChI=1S/C14H10BrNO/c15-13-6-3-11(4-7-13)5-8-14(17)12-2-1-9-16-10-12/h1-10H/b8-5+. The molecule has 17 heavy (non-hydrogen) atoms. The van der Waals surface area contributed by atoms with Crippen molar-refractivity contribution in [3.63, 3.8) is 0 Å². The normalized spacial score (nSPS) is 10.6. The molecule has 3 heteroatoms. The Balaban J connectivity index is 2.11. The quantitative estimate of drug-likeness (QED) is 0.636. The predicted octanol–water partition coefficient (Wildman–Crippen LogP) is 3.74. The highest BCUT2D eigenvalue weighted by atomic mass is 79.9. The summed E-state index contributed by atoms with van der Waals surface area (Å²) >= 11 is 3.36. The largest absolute Gasteiger partial charge is 0.289 e. The summed E-state index contributed by atoms with van der Waals surface area (Å²) in [5, 5.41) is 0. The van der Waals surface area contributed by atoms with Crippen molar-refractivity contribution in [2.45, 2.75) is 0 Å². The van der Waals surface area contributed by atoms with Crippen LogP contribution in [0.5, 0.6) is 0 Å². The molecule has 0 radical (unpaired) electrons. The van der Waals surface area contributed by atoms with E-state index in [1.165, 1.54) is 0 Å². The lowest BCUT2D eigenvalue weighted by Crippen LogP contribution is -1.93. The molecule has 0 aliphatic rings. The van der Waals surface area contributed by atoms with Crippen molar-refractivity contribution < 1.29 is 4.79 Å². The third-order valence-electron chi connectivity index (χ3n) is 2.24. The topological polar surface area (TPSA) is 30.0 Å². The van der Waals surface area contributed by atoms with Gasteiger partial charge in [0.15, 0.2) is 5.78 Å². The van der Waals surface area contributed by atoms with Gasteiger partial charge in [0.1, 0.15) is 0 Å². The molecule has 2 rings (SSSR count). The fourth-order valence-electron chi connectivity index (χ4n) is 1.35. The Bertz CT molecular complexity index is 532. The molecule has 0 atom stereocenters. The Hall–Kier alpha value is -1.74. The first-order valence-electron chi connectivity index (χ1n) is 5.14. The van der Waals surface area contributed by atoms with Gasteiger partial charge < -0.3 is 0 Å². The minimum absolute atomic E-state index is 0.0407. The van der Waals surface area contributed by atoms with Crippen LogP contribution in [0.4, 0.5) is 0 Å². The van der Waals surface area contributed by atoms with Crippen LogP contribution in [0.2, 0.25) is 0 Å². The fourth-order valence-corrected chi connectivity index (χ4v) is 1.61. The van der Waals surface area contributed by atoms with Gasteiger partial charge in [0.2, 0.25) is 0 Å². The maximum atomic E-state index is 11.7. The van der Waals surface area contributed by atoms with Crippen molar-refractivity contribution in [3.8, 4) is 0 Å². The van der Waals surface area contributed by atoms with Crippen LogP contribution in [0.25, 0.3) is 6.08 Å². The molecule has 0 amide bonds. The average Bonchev–Trinajstić information content (AvgIpc) is 2.39. The van der Waals surface area contributed by atoms with Gasteiger partial charge in [0.25, 0.3) is 0 Å². The van der Waals surface area contributed by atoms with Gasteiger partial charge in [-0.15, -0.1) is 0 Å². The highest BCUT2D eigenvalue weighted by molar-refractivity contribution is 9.10. The van der Waals surface area contributed by atoms with Crippen LogP contribution in [0.15, 0.2) is 59.3 Å². The zero-order valence-electron chi connectivity index (χ0n) is 9.01. The van der Waals surface area contributed by atoms with E-state index in [2.05, 4.69) is 20.9 Å². The van der Waals surface area contributed by atoms with E-state index < -0.39 is 0 Å². The molecular formula is C14H10BrNO. The van der Waals surface area contributed by atoms with Crippen LogP contribution >= 0.6 is 15.9 Å². The summed E-state index contributed by atoms with van der Waals surface area (Å²) in [6.07, 6.45) is 6.56. The van der Waals surface area contributed by atoms with Gasteiger partial charge in [0, 0.05) is 22.4 Å². The molecule has 1 aromatic carbocycles. The predicted molar refractivity (Wildman–Crippen MR) is 71.7 cm³/mol. The number of carbonyl (C=O) groups is 1. The SMILES string of the molecule is O=C(/C=C/c1ccc(Br)cc1)c1cccnc1. The summed E-state index contributed by atoms with van der Waals surface area (Å²) in [7, 11) is 0. The lowest BCUT2D eigenvalue weighted by Gasteiger charge is -1.95. The van der Waals surface area contributed by atoms with Gasteiger partial charge in [0.05, 0.1) is 0 Å². The highest BCUT2D eigenvalue weighted by Crippen LogP contribution is 2.12. The summed E-state index contributed by atoms with van der Waals surface area (Å²) in [6, 6.07) is 11.3. The van der Waals surface area contributed by atoms with Crippen molar-refractivity contribution in [1.29, 1.82) is 0 Å². The monoisotopic (exact) mass is 287 g/mol. The van der Waals surface area contributed by atoms with Crippen molar-refractivity contribution in [2.75, 3.05) is 0 Å². The van der Waals surface area contributed by atoms with Gasteiger partial charge in [-0.1, -0.05) is 34.1 Å². The fraction of sp³-hybridized carbons (Fsp3) is 0. The zero-order chi connectivity index (χ0) is 12.1. The number of ketones is 1. The van der Waals surface area contributed by atoms with E-state index in [1.807, 2.05) is 24.3 Å². The van der Waals surface area contributed by atoms with Gasteiger partial charge in [-0.2, -0.15) is 0 Å². The number of nitrogens with zero attached hydrogens (tertiary/aromatic N) is 1. The Kier molecular flexibility index (Phi) is 3.83. The minimum atomic E-state index is -0.0407. The minimum Gasteiger partial charge on any atom is -0.289 e. The van der Waals surface area contributed by atoms with E-state index in [4.69, 9.17) is 0 Å². The summed E-state index contributed by atoms with van der Waals surface area (Å²) in [6.45, 7) is 0. The second-order valence-corrected chi connectivity index (χ2v) is 4.41. The molecule has 1 heterocycles. The molecule has 2 aromatic rings. The smallest absolute Gasteiger partial charge is 0.187 e. The first-order valence-corrected chi connectivity index (χ1v) is 5.93. The molecule has 0 spiro atoms. The Morgan fingerprint density at radius 3 is 2.59 bits per heavy atom. The lowest BCUT2D eigenvalue weighted by atomic mass is 10.1. The summed E-state index contributed by atoms with van der Waals surface area (Å²) in [5.74, 6) is -0.0407. The van der Waals surface area contributed by atoms with Crippen LogP contribution in [0.1, 0.15) is 15.9 Å². The number of rotatable bonds is 3. The molecule has 84 valence electrons. The van der Waals surface area contributed by atoms with E-state index >= 15 is 0 Å². The second-order valence-electron chi connectivity index (χ2n) is 3.49. The summed E-state index contributed by atoms with van der Waals surface area (Å²) in [5.41, 5.74) is 1.59. The van der Waals surface area contributed by atoms with Crippen LogP contribution in [0, 0.1) is 0 Å². The number of hydrogen-bond acceptors (Lipinski definition) is 2. The molecule has 0 bridgehead atoms. The molecule has 0 aliphatic carbocycles. The van der Waals surface area contributed by atoms with Gasteiger partial charge in [-0.25, -0.2) is 0 Å². The Labute approximate surface area is 108 Å². The molecule has 0 saturated carbocycles. The van der Waals surface area contributed by atoms with Crippen molar-refractivity contribution in [1.82, 2.24) is 4.98 Å². The van der Waals surface area contributed by atoms with E-state index in [0.29, 0.717) is 5.56 Å². The molecule has 0 aliphatic heterocycles. The first kappa shape index (κ1) is 11.7. The number of pyridine rings is 1. The Morgan fingerprint density at radius 1 is 1.18 bits per heavy atom. The lowest BCUT2D eigenvalue weighted by molar-refractivity contribution is 0.104. The summed E-state index contributed by atoms with van der Waals surface area (Å²) in [4.78, 5) is 15.7. The second kappa shape index (κ2) is 5.55. The van der Waals surface area contributed by atoms with Crippen molar-refractivity contribution in [2.24, 2.45) is 0 Å². The van der Waals surface area contributed by atoms with E-state index in [0.717, 1.165) is 10.0 Å². The number of halogens is 1. The van der Waals surface area contributed by atoms with Crippen molar-refractivity contribution in [3.05, 3.63) is 70.5 Å².